The zero-order valence-electron chi connectivity index (χ0n) is 17.7. The molecule has 0 amide bonds. The molecule has 5 rings (SSSR count). The largest absolute Gasteiger partial charge is 4.00 e. The second kappa shape index (κ2) is 12.9. The number of benzene rings is 3. The predicted molar refractivity (Wildman–Crippen MR) is 122 cm³/mol. The van der Waals surface area contributed by atoms with E-state index < -0.39 is 8.07 Å². The average molecular weight is 532 g/mol. The summed E-state index contributed by atoms with van der Waals surface area (Å²) in [6.45, 7) is 0. The Balaban J connectivity index is 0.00000128. The normalized spacial score (nSPS) is 16.3. The minimum absolute atomic E-state index is 0. The molecular weight excluding hydrogens is 507 g/mol. The van der Waals surface area contributed by atoms with E-state index in [1.165, 1.54) is 34.8 Å². The van der Waals surface area contributed by atoms with Crippen LogP contribution in [0.5, 0.6) is 0 Å². The monoisotopic (exact) mass is 530 g/mol. The van der Waals surface area contributed by atoms with Crippen molar-refractivity contribution >= 4 is 23.6 Å². The van der Waals surface area contributed by atoms with E-state index >= 15 is 0 Å². The Labute approximate surface area is 226 Å². The van der Waals surface area contributed by atoms with E-state index in [-0.39, 0.29) is 58.9 Å². The molecule has 2 aliphatic rings. The minimum Gasteiger partial charge on any atom is -1.00 e. The fourth-order valence-corrected chi connectivity index (χ4v) is 10.6. The van der Waals surface area contributed by atoms with Gasteiger partial charge in [0.2, 0.25) is 0 Å². The minimum atomic E-state index is -2.28. The summed E-state index contributed by atoms with van der Waals surface area (Å²) < 4.78 is 0. The molecule has 1 saturated carbocycles. The third-order valence-electron chi connectivity index (χ3n) is 6.44. The third-order valence-corrected chi connectivity index (χ3v) is 11.5. The van der Waals surface area contributed by atoms with Crippen molar-refractivity contribution in [2.24, 2.45) is 5.92 Å². The van der Waals surface area contributed by atoms with Gasteiger partial charge in [-0.25, -0.2) is 17.2 Å². The number of rotatable bonds is 4. The van der Waals surface area contributed by atoms with Crippen molar-refractivity contribution in [3.63, 3.8) is 0 Å². The molecule has 5 heteroatoms. The molecule has 0 radical (unpaired) electrons. The van der Waals surface area contributed by atoms with Gasteiger partial charge in [-0.15, -0.1) is 12.2 Å². The molecule has 0 bridgehead atoms. The maximum absolute atomic E-state index is 2.41. The van der Waals surface area contributed by atoms with Gasteiger partial charge < -0.3 is 37.2 Å². The van der Waals surface area contributed by atoms with E-state index in [4.69, 9.17) is 0 Å². The molecule has 2 aliphatic carbocycles. The van der Waals surface area contributed by atoms with Crippen LogP contribution in [-0.2, 0) is 21.7 Å². The maximum atomic E-state index is 2.41. The Morgan fingerprint density at radius 1 is 0.656 bits per heavy atom. The van der Waals surface area contributed by atoms with Crippen molar-refractivity contribution in [1.82, 2.24) is 0 Å². The summed E-state index contributed by atoms with van der Waals surface area (Å²) in [7, 11) is -2.28. The number of hydrogen-bond acceptors (Lipinski definition) is 0. The van der Waals surface area contributed by atoms with Crippen molar-refractivity contribution < 1.29 is 58.9 Å². The first-order chi connectivity index (χ1) is 13.9. The standard InChI is InChI=1S/C27H25Si.3ClH.Ti/c1-4-13-23(14-5-1)28(24-15-6-2-7-16-24,25-17-8-3-9-18-25)27-21-20-22-12-10-11-19-26(22)27;;;;/h1-11,13-19,22H,12,20-21H2;3*1H;/q-1;;;;+4/p-3. The van der Waals surface area contributed by atoms with Crippen LogP contribution in [0, 0.1) is 11.5 Å². The molecule has 0 aromatic heterocycles. The first kappa shape index (κ1) is 28.8. The summed E-state index contributed by atoms with van der Waals surface area (Å²) >= 11 is 0. The summed E-state index contributed by atoms with van der Waals surface area (Å²) in [5.74, 6) is 0.697. The van der Waals surface area contributed by atoms with Gasteiger partial charge in [0.25, 0.3) is 0 Å². The molecule has 0 nitrogen and oxygen atoms in total. The van der Waals surface area contributed by atoms with Gasteiger partial charge in [-0.05, 0) is 12.3 Å². The second-order valence-electron chi connectivity index (χ2n) is 7.85. The SMILES string of the molecule is C1=CCC2CC[C-]([Si](c3ccccc3)(c3ccccc3)c3ccccc3)C2=C1.[Cl-].[Cl-].[Cl-].[Ti+4]. The van der Waals surface area contributed by atoms with Crippen LogP contribution < -0.4 is 52.8 Å². The summed E-state index contributed by atoms with van der Waals surface area (Å²) in [6.07, 6.45) is 10.7. The Morgan fingerprint density at radius 3 is 1.53 bits per heavy atom. The van der Waals surface area contributed by atoms with E-state index in [1.54, 1.807) is 11.1 Å². The van der Waals surface area contributed by atoms with E-state index in [0.717, 1.165) is 0 Å². The van der Waals surface area contributed by atoms with Crippen LogP contribution in [-0.4, -0.2) is 8.07 Å². The summed E-state index contributed by atoms with van der Waals surface area (Å²) in [5.41, 5.74) is 3.33. The van der Waals surface area contributed by atoms with Crippen LogP contribution in [0.4, 0.5) is 0 Å². The molecule has 0 aliphatic heterocycles. The maximum Gasteiger partial charge on any atom is 4.00 e. The van der Waals surface area contributed by atoms with Crippen LogP contribution in [0.3, 0.4) is 0 Å². The van der Waals surface area contributed by atoms with E-state index in [0.29, 0.717) is 5.92 Å². The van der Waals surface area contributed by atoms with Crippen LogP contribution in [0.15, 0.2) is 115 Å². The quantitative estimate of drug-likeness (QED) is 0.181. The molecule has 3 aromatic carbocycles. The van der Waals surface area contributed by atoms with Crippen LogP contribution >= 0.6 is 0 Å². The summed E-state index contributed by atoms with van der Waals surface area (Å²) in [5, 5.41) is 4.50. The molecule has 0 saturated heterocycles. The number of allylic oxidation sites excluding steroid dienone is 4. The molecule has 162 valence electrons. The number of hydrogen-bond donors (Lipinski definition) is 0. The predicted octanol–water partition coefficient (Wildman–Crippen LogP) is -4.42. The molecule has 1 fully saturated rings. The average Bonchev–Trinajstić information content (AvgIpc) is 3.21. The van der Waals surface area contributed by atoms with Gasteiger partial charge in [0.1, 0.15) is 0 Å². The van der Waals surface area contributed by atoms with E-state index in [1.807, 2.05) is 0 Å². The second-order valence-corrected chi connectivity index (χ2v) is 11.7. The van der Waals surface area contributed by atoms with Gasteiger partial charge in [0.05, 0.1) is 8.07 Å². The summed E-state index contributed by atoms with van der Waals surface area (Å²) in [4.78, 5) is 0. The third kappa shape index (κ3) is 4.99. The van der Waals surface area contributed by atoms with Crippen molar-refractivity contribution in [1.29, 1.82) is 0 Å². The zero-order valence-corrected chi connectivity index (χ0v) is 22.6. The van der Waals surface area contributed by atoms with Crippen LogP contribution in [0.2, 0.25) is 0 Å². The van der Waals surface area contributed by atoms with Gasteiger partial charge >= 0.3 is 21.7 Å². The van der Waals surface area contributed by atoms with Crippen molar-refractivity contribution in [3.05, 3.63) is 120 Å². The van der Waals surface area contributed by atoms with Crippen molar-refractivity contribution in [2.75, 3.05) is 0 Å². The molecule has 0 spiro atoms. The van der Waals surface area contributed by atoms with Gasteiger partial charge in [-0.3, -0.25) is 0 Å². The fourth-order valence-electron chi connectivity index (χ4n) is 5.25. The molecular formula is C27H25Cl3SiTi. The number of fused-ring (bicyclic) bond motifs is 1. The van der Waals surface area contributed by atoms with E-state index in [9.17, 15) is 0 Å². The molecule has 3 aromatic rings. The number of halogens is 3. The molecule has 32 heavy (non-hydrogen) atoms. The first-order valence-electron chi connectivity index (χ1n) is 10.3. The van der Waals surface area contributed by atoms with Crippen LogP contribution in [0.1, 0.15) is 19.3 Å². The summed E-state index contributed by atoms with van der Waals surface area (Å²) in [6, 6.07) is 33.9. The first-order valence-corrected chi connectivity index (χ1v) is 12.3. The Bertz CT molecular complexity index is 910. The van der Waals surface area contributed by atoms with Crippen LogP contribution in [0.25, 0.3) is 0 Å². The zero-order chi connectivity index (χ0) is 18.8. The Kier molecular flexibility index (Phi) is 11.6. The molecule has 0 heterocycles. The van der Waals surface area contributed by atoms with Crippen molar-refractivity contribution in [3.8, 4) is 0 Å². The molecule has 0 N–H and O–H groups in total. The molecule has 1 atom stereocenters. The topological polar surface area (TPSA) is 0 Å². The Morgan fingerprint density at radius 2 is 1.09 bits per heavy atom. The molecule has 1 unspecified atom stereocenters. The van der Waals surface area contributed by atoms with Gasteiger partial charge in [-0.1, -0.05) is 119 Å². The smallest absolute Gasteiger partial charge is 1.00 e. The van der Waals surface area contributed by atoms with E-state index in [2.05, 4.69) is 109 Å². The fraction of sp³-hybridized carbons (Fsp3) is 0.148. The van der Waals surface area contributed by atoms with Gasteiger partial charge in [0.15, 0.2) is 0 Å². The Hall–Kier alpha value is -1.19. The van der Waals surface area contributed by atoms with Gasteiger partial charge in [0, 0.05) is 0 Å². The van der Waals surface area contributed by atoms with Crippen molar-refractivity contribution in [2.45, 2.75) is 19.3 Å². The van der Waals surface area contributed by atoms with Gasteiger partial charge in [-0.2, -0.15) is 0 Å².